The largest absolute Gasteiger partial charge is 0.452 e. The first-order chi connectivity index (χ1) is 8.59. The second kappa shape index (κ2) is 6.21. The van der Waals surface area contributed by atoms with Crippen molar-refractivity contribution in [3.8, 4) is 0 Å². The summed E-state index contributed by atoms with van der Waals surface area (Å²) in [5.41, 5.74) is 0.201. The van der Waals surface area contributed by atoms with E-state index in [0.717, 1.165) is 0 Å². The van der Waals surface area contributed by atoms with Gasteiger partial charge in [-0.25, -0.2) is 4.79 Å². The van der Waals surface area contributed by atoms with Crippen molar-refractivity contribution in [3.05, 3.63) is 35.9 Å². The third-order valence-corrected chi connectivity index (χ3v) is 2.72. The third-order valence-electron chi connectivity index (χ3n) is 2.07. The summed E-state index contributed by atoms with van der Waals surface area (Å²) in [6.07, 6.45) is -2.43. The lowest BCUT2D eigenvalue weighted by Crippen LogP contribution is -2.27. The van der Waals surface area contributed by atoms with Crippen molar-refractivity contribution in [1.29, 1.82) is 0 Å². The fraction of sp³-hybridized carbons (Fsp3) is 0.364. The number of hydrogen-bond donors (Lipinski definition) is 0. The zero-order valence-electron chi connectivity index (χ0n) is 9.26. The molecule has 2 nitrogen and oxygen atoms in total. The van der Waals surface area contributed by atoms with Crippen LogP contribution in [-0.2, 0) is 9.53 Å². The first-order valence-electron chi connectivity index (χ1n) is 4.99. The van der Waals surface area contributed by atoms with E-state index >= 15 is 0 Å². The molecule has 0 radical (unpaired) electrons. The van der Waals surface area contributed by atoms with E-state index in [1.165, 1.54) is 24.3 Å². The Kier molecular flexibility index (Phi) is 5.37. The highest BCUT2D eigenvalue weighted by molar-refractivity contribution is 9.10. The molecule has 0 bridgehead atoms. The van der Waals surface area contributed by atoms with Crippen LogP contribution in [0.25, 0.3) is 0 Å². The van der Waals surface area contributed by atoms with Crippen molar-refractivity contribution < 1.29 is 27.1 Å². The van der Waals surface area contributed by atoms with Crippen LogP contribution in [0, 0.1) is 0 Å². The highest BCUT2D eigenvalue weighted by Crippen LogP contribution is 2.37. The molecule has 0 aliphatic rings. The van der Waals surface area contributed by atoms with Crippen LogP contribution in [0.4, 0.5) is 17.6 Å². The molecule has 0 aliphatic carbocycles. The number of halogens is 6. The first-order valence-corrected chi connectivity index (χ1v) is 6.58. The highest BCUT2D eigenvalue weighted by Gasteiger charge is 2.41. The number of carbonyl (C=O) groups excluding carboxylic acids is 1. The first kappa shape index (κ1) is 16.4. The van der Waals surface area contributed by atoms with Gasteiger partial charge in [-0.05, 0) is 21.5 Å². The van der Waals surface area contributed by atoms with Crippen LogP contribution in [0.3, 0.4) is 0 Å². The van der Waals surface area contributed by atoms with Crippen LogP contribution in [0.1, 0.15) is 18.1 Å². The van der Waals surface area contributed by atoms with E-state index in [9.17, 15) is 22.4 Å². The molecule has 0 heterocycles. The van der Waals surface area contributed by atoms with Crippen molar-refractivity contribution >= 4 is 37.8 Å². The maximum absolute atomic E-state index is 12.9. The minimum atomic E-state index is -3.92. The average Bonchev–Trinajstić information content (AvgIpc) is 2.26. The molecule has 0 N–H and O–H groups in total. The molecule has 106 valence electrons. The summed E-state index contributed by atoms with van der Waals surface area (Å²) in [4.78, 5) is 3.80. The summed E-state index contributed by atoms with van der Waals surface area (Å²) < 4.78 is 55.6. The Morgan fingerprint density at radius 3 is 2.11 bits per heavy atom. The average molecular weight is 408 g/mol. The van der Waals surface area contributed by atoms with E-state index in [1.807, 2.05) is 15.9 Å². The number of alkyl halides is 6. The molecule has 1 rings (SSSR count). The second-order valence-corrected chi connectivity index (χ2v) is 5.78. The van der Waals surface area contributed by atoms with Crippen LogP contribution >= 0.6 is 31.9 Å². The van der Waals surface area contributed by atoms with Gasteiger partial charge in [-0.15, -0.1) is 0 Å². The van der Waals surface area contributed by atoms with Gasteiger partial charge in [0.15, 0.2) is 0 Å². The van der Waals surface area contributed by atoms with Gasteiger partial charge in [0.1, 0.15) is 6.10 Å². The van der Waals surface area contributed by atoms with Gasteiger partial charge >= 0.3 is 15.6 Å². The van der Waals surface area contributed by atoms with Crippen LogP contribution in [0.2, 0.25) is 0 Å². The van der Waals surface area contributed by atoms with Crippen molar-refractivity contribution in [3.63, 3.8) is 0 Å². The van der Waals surface area contributed by atoms with Crippen LogP contribution < -0.4 is 0 Å². The van der Waals surface area contributed by atoms with Gasteiger partial charge in [0.25, 0.3) is 0 Å². The Hall–Kier alpha value is -0.630. The van der Waals surface area contributed by atoms with E-state index in [1.54, 1.807) is 6.07 Å². The SMILES string of the molecule is O=C(OC(CC(F)(F)Br)c1ccccc1)C(F)(F)Br. The molecule has 0 fully saturated rings. The second-order valence-electron chi connectivity index (χ2n) is 3.62. The Balaban J connectivity index is 2.91. The van der Waals surface area contributed by atoms with Gasteiger partial charge in [0.05, 0.1) is 6.42 Å². The number of hydrogen-bond acceptors (Lipinski definition) is 2. The topological polar surface area (TPSA) is 26.3 Å². The minimum absolute atomic E-state index is 0.201. The predicted octanol–water partition coefficient (Wildman–Crippen LogP) is 4.64. The quantitative estimate of drug-likeness (QED) is 0.404. The van der Waals surface area contributed by atoms with E-state index in [-0.39, 0.29) is 5.56 Å². The monoisotopic (exact) mass is 406 g/mol. The fourth-order valence-electron chi connectivity index (χ4n) is 1.30. The summed E-state index contributed by atoms with van der Waals surface area (Å²) in [6.45, 7) is 0. The normalized spacial score (nSPS) is 14.0. The van der Waals surface area contributed by atoms with E-state index < -0.39 is 28.2 Å². The summed E-state index contributed by atoms with van der Waals surface area (Å²) >= 11 is 3.91. The molecule has 0 spiro atoms. The molecule has 0 saturated heterocycles. The zero-order valence-corrected chi connectivity index (χ0v) is 12.4. The maximum Gasteiger partial charge on any atom is 0.396 e. The van der Waals surface area contributed by atoms with E-state index in [0.29, 0.717) is 0 Å². The lowest BCUT2D eigenvalue weighted by atomic mass is 10.1. The summed E-state index contributed by atoms with van der Waals surface area (Å²) in [7, 11) is 0. The molecule has 19 heavy (non-hydrogen) atoms. The van der Waals surface area contributed by atoms with Crippen molar-refractivity contribution in [2.45, 2.75) is 22.2 Å². The van der Waals surface area contributed by atoms with Crippen molar-refractivity contribution in [2.24, 2.45) is 0 Å². The summed E-state index contributed by atoms with van der Waals surface area (Å²) in [5, 5.41) is 0. The molecule has 1 aromatic rings. The van der Waals surface area contributed by atoms with Gasteiger partial charge in [0, 0.05) is 15.9 Å². The Morgan fingerprint density at radius 1 is 1.16 bits per heavy atom. The molecule has 0 aromatic heterocycles. The molecule has 1 unspecified atom stereocenters. The third kappa shape index (κ3) is 5.90. The molecule has 0 amide bonds. The van der Waals surface area contributed by atoms with Crippen LogP contribution in [0.5, 0.6) is 0 Å². The van der Waals surface area contributed by atoms with Crippen molar-refractivity contribution in [2.75, 3.05) is 0 Å². The number of carbonyl (C=O) groups is 1. The standard InChI is InChI=1S/C11H8Br2F4O2/c12-10(14,15)6-8(7-4-2-1-3-5-7)19-9(18)11(13,16)17/h1-5,8H,6H2. The Labute approximate surface area is 123 Å². The van der Waals surface area contributed by atoms with Crippen LogP contribution in [-0.4, -0.2) is 15.6 Å². The number of benzene rings is 1. The smallest absolute Gasteiger partial charge is 0.396 e. The number of ether oxygens (including phenoxy) is 1. The summed E-state index contributed by atoms with van der Waals surface area (Å²) in [6, 6.07) is 7.48. The fourth-order valence-corrected chi connectivity index (χ4v) is 1.69. The number of esters is 1. The van der Waals surface area contributed by atoms with E-state index in [4.69, 9.17) is 0 Å². The zero-order chi connectivity index (χ0) is 14.7. The van der Waals surface area contributed by atoms with Gasteiger partial charge < -0.3 is 4.74 Å². The summed E-state index contributed by atoms with van der Waals surface area (Å²) in [5.74, 6) is -1.92. The Bertz CT molecular complexity index is 429. The molecular formula is C11H8Br2F4O2. The molecular weight excluding hydrogens is 400 g/mol. The van der Waals surface area contributed by atoms with Gasteiger partial charge in [-0.2, -0.15) is 17.6 Å². The van der Waals surface area contributed by atoms with Gasteiger partial charge in [0.2, 0.25) is 0 Å². The van der Waals surface area contributed by atoms with Crippen LogP contribution in [0.15, 0.2) is 30.3 Å². The molecule has 0 saturated carbocycles. The number of rotatable bonds is 5. The van der Waals surface area contributed by atoms with Crippen molar-refractivity contribution in [1.82, 2.24) is 0 Å². The highest BCUT2D eigenvalue weighted by atomic mass is 79.9. The Morgan fingerprint density at radius 2 is 1.68 bits per heavy atom. The molecule has 8 heteroatoms. The minimum Gasteiger partial charge on any atom is -0.452 e. The molecule has 1 aromatic carbocycles. The van der Waals surface area contributed by atoms with Gasteiger partial charge in [-0.3, -0.25) is 0 Å². The van der Waals surface area contributed by atoms with E-state index in [2.05, 4.69) is 20.7 Å². The molecule has 1 atom stereocenters. The maximum atomic E-state index is 12.9. The predicted molar refractivity (Wildman–Crippen MR) is 67.6 cm³/mol. The lowest BCUT2D eigenvalue weighted by molar-refractivity contribution is -0.167. The lowest BCUT2D eigenvalue weighted by Gasteiger charge is -2.21. The molecule has 0 aliphatic heterocycles. The van der Waals surface area contributed by atoms with Gasteiger partial charge in [-0.1, -0.05) is 30.3 Å².